The fraction of sp³-hybridized carbons (Fsp3) is 0.0370. The first-order chi connectivity index (χ1) is 31.8. The quantitative estimate of drug-likeness (QED) is 0.161. The molecule has 6 nitrogen and oxygen atoms in total. The van der Waals surface area contributed by atoms with Crippen molar-refractivity contribution < 1.29 is 26.3 Å². The fourth-order valence-electron chi connectivity index (χ4n) is 8.99. The Labute approximate surface area is 371 Å². The highest BCUT2D eigenvalue weighted by molar-refractivity contribution is 6.13. The second-order valence-electron chi connectivity index (χ2n) is 15.6. The van der Waals surface area contributed by atoms with E-state index in [2.05, 4.69) is 12.1 Å². The zero-order chi connectivity index (χ0) is 46.1. The Morgan fingerprint density at radius 2 is 0.818 bits per heavy atom. The van der Waals surface area contributed by atoms with E-state index in [0.29, 0.717) is 77.0 Å². The van der Waals surface area contributed by atoms with Crippen LogP contribution < -0.4 is 0 Å². The molecule has 0 saturated heterocycles. The average molecular weight is 873 g/mol. The lowest BCUT2D eigenvalue weighted by molar-refractivity contribution is -0.138. The summed E-state index contributed by atoms with van der Waals surface area (Å²) < 4.78 is 93.6. The van der Waals surface area contributed by atoms with Crippen LogP contribution in [0.2, 0.25) is 0 Å². The van der Waals surface area contributed by atoms with Crippen LogP contribution in [-0.4, -0.2) is 9.13 Å². The minimum absolute atomic E-state index is 0.00106. The number of alkyl halides is 6. The van der Waals surface area contributed by atoms with Gasteiger partial charge < -0.3 is 9.13 Å². The summed E-state index contributed by atoms with van der Waals surface area (Å²) in [6.45, 7) is 0. The summed E-state index contributed by atoms with van der Waals surface area (Å²) in [6, 6.07) is 48.8. The van der Waals surface area contributed by atoms with E-state index in [4.69, 9.17) is 0 Å². The molecule has 10 rings (SSSR count). The Kier molecular flexibility index (Phi) is 9.50. The Balaban J connectivity index is 1.33. The maximum atomic E-state index is 15.5. The van der Waals surface area contributed by atoms with Crippen LogP contribution in [-0.2, 0) is 12.4 Å². The third kappa shape index (κ3) is 6.65. The van der Waals surface area contributed by atoms with Crippen LogP contribution in [0, 0.1) is 45.3 Å². The summed E-state index contributed by atoms with van der Waals surface area (Å²) in [5.74, 6) is 0. The van der Waals surface area contributed by atoms with Crippen LogP contribution in [0.1, 0.15) is 33.4 Å². The maximum absolute atomic E-state index is 15.5. The lowest BCUT2D eigenvalue weighted by Crippen LogP contribution is -2.11. The molecule has 0 aliphatic carbocycles. The molecule has 10 aromatic rings. The monoisotopic (exact) mass is 872 g/mol. The van der Waals surface area contributed by atoms with E-state index in [1.54, 1.807) is 106 Å². The van der Waals surface area contributed by atoms with E-state index in [-0.39, 0.29) is 33.6 Å². The van der Waals surface area contributed by atoms with Gasteiger partial charge in [0.25, 0.3) is 0 Å². The molecule has 0 N–H and O–H groups in total. The molecule has 0 unspecified atom stereocenters. The van der Waals surface area contributed by atoms with Crippen LogP contribution >= 0.6 is 0 Å². The molecule has 0 aliphatic heterocycles. The van der Waals surface area contributed by atoms with Gasteiger partial charge in [0.15, 0.2) is 0 Å². The zero-order valence-corrected chi connectivity index (χ0v) is 34.0. The summed E-state index contributed by atoms with van der Waals surface area (Å²) in [6.07, 6.45) is -9.73. The molecule has 314 valence electrons. The van der Waals surface area contributed by atoms with Crippen molar-refractivity contribution in [2.24, 2.45) is 0 Å². The molecule has 8 aromatic carbocycles. The third-order valence-corrected chi connectivity index (χ3v) is 11.9. The van der Waals surface area contributed by atoms with Gasteiger partial charge in [0.1, 0.15) is 0 Å². The van der Waals surface area contributed by atoms with Gasteiger partial charge in [-0.3, -0.25) is 0 Å². The lowest BCUT2D eigenvalue weighted by atomic mass is 9.95. The van der Waals surface area contributed by atoms with Crippen molar-refractivity contribution in [2.45, 2.75) is 12.4 Å². The highest BCUT2D eigenvalue weighted by Crippen LogP contribution is 2.47. The first-order valence-corrected chi connectivity index (χ1v) is 20.2. The topological polar surface area (TPSA) is 105 Å². The molecule has 12 heteroatoms. The number of para-hydroxylation sites is 2. The highest BCUT2D eigenvalue weighted by Gasteiger charge is 2.36. The fourth-order valence-corrected chi connectivity index (χ4v) is 8.99. The first kappa shape index (κ1) is 40.9. The number of fused-ring (bicyclic) bond motifs is 6. The van der Waals surface area contributed by atoms with Crippen LogP contribution in [0.4, 0.5) is 26.3 Å². The van der Waals surface area contributed by atoms with Gasteiger partial charge in [-0.05, 0) is 113 Å². The predicted octanol–water partition coefficient (Wildman–Crippen LogP) is 14.4. The molecule has 0 saturated carbocycles. The summed E-state index contributed by atoms with van der Waals surface area (Å²) in [7, 11) is 0. The van der Waals surface area contributed by atoms with E-state index in [0.717, 1.165) is 24.3 Å². The molecule has 0 aliphatic rings. The first-order valence-electron chi connectivity index (χ1n) is 20.2. The molecule has 0 radical (unpaired) electrons. The molecule has 0 amide bonds. The zero-order valence-electron chi connectivity index (χ0n) is 34.0. The van der Waals surface area contributed by atoms with Gasteiger partial charge >= 0.3 is 12.4 Å². The Bertz CT molecular complexity index is 3650. The second kappa shape index (κ2) is 15.3. The van der Waals surface area contributed by atoms with Crippen molar-refractivity contribution in [3.8, 4) is 69.0 Å². The smallest absolute Gasteiger partial charge is 0.309 e. The largest absolute Gasteiger partial charge is 0.416 e. The number of halogens is 6. The van der Waals surface area contributed by atoms with E-state index in [9.17, 15) is 34.2 Å². The Morgan fingerprint density at radius 3 is 1.26 bits per heavy atom. The molecule has 2 heterocycles. The van der Waals surface area contributed by atoms with Crippen molar-refractivity contribution in [1.29, 1.82) is 21.0 Å². The van der Waals surface area contributed by atoms with Crippen LogP contribution in [0.5, 0.6) is 0 Å². The van der Waals surface area contributed by atoms with Crippen molar-refractivity contribution in [3.63, 3.8) is 0 Å². The van der Waals surface area contributed by atoms with E-state index in [1.165, 1.54) is 24.3 Å². The molecule has 0 fully saturated rings. The number of benzene rings is 8. The number of nitriles is 4. The number of hydrogen-bond acceptors (Lipinski definition) is 4. The Hall–Kier alpha value is -9.10. The van der Waals surface area contributed by atoms with Crippen LogP contribution in [0.25, 0.3) is 88.4 Å². The SMILES string of the molecule is N#Cc1ccc(-c2ccc3c(c2)c2ccccc2n3-c2cc(C(F)(F)F)cc(-n3c4ccccc4c4cc(-c5ccc(C#N)cc5C#N)ccc43)c2-c2cccc(C(F)(F)F)c2)c(C#N)c1. The molecule has 66 heavy (non-hydrogen) atoms. The van der Waals surface area contributed by atoms with E-state index in [1.807, 2.05) is 24.3 Å². The third-order valence-electron chi connectivity index (χ3n) is 11.9. The molecule has 0 spiro atoms. The van der Waals surface area contributed by atoms with Crippen molar-refractivity contribution in [3.05, 3.63) is 191 Å². The minimum atomic E-state index is -4.93. The van der Waals surface area contributed by atoms with Gasteiger partial charge in [0.2, 0.25) is 0 Å². The van der Waals surface area contributed by atoms with Crippen molar-refractivity contribution >= 4 is 43.6 Å². The van der Waals surface area contributed by atoms with Gasteiger partial charge in [-0.25, -0.2) is 0 Å². The summed E-state index contributed by atoms with van der Waals surface area (Å²) in [5, 5.41) is 41.5. The minimum Gasteiger partial charge on any atom is -0.309 e. The van der Waals surface area contributed by atoms with Crippen LogP contribution in [0.15, 0.2) is 158 Å². The highest BCUT2D eigenvalue weighted by atomic mass is 19.4. The average Bonchev–Trinajstić information content (AvgIpc) is 3.84. The molecule has 0 atom stereocenters. The van der Waals surface area contributed by atoms with Crippen molar-refractivity contribution in [2.75, 3.05) is 0 Å². The number of aromatic nitrogens is 2. The second-order valence-corrected chi connectivity index (χ2v) is 15.6. The summed E-state index contributed by atoms with van der Waals surface area (Å²) in [5.41, 5.74) is 3.05. The number of rotatable bonds is 5. The van der Waals surface area contributed by atoms with E-state index >= 15 is 13.2 Å². The molecule has 0 bridgehead atoms. The van der Waals surface area contributed by atoms with Crippen LogP contribution in [0.3, 0.4) is 0 Å². The van der Waals surface area contributed by atoms with E-state index < -0.39 is 23.5 Å². The molecular weight excluding hydrogens is 847 g/mol. The van der Waals surface area contributed by atoms with Gasteiger partial charge in [-0.15, -0.1) is 0 Å². The Morgan fingerprint density at radius 1 is 0.364 bits per heavy atom. The lowest BCUT2D eigenvalue weighted by Gasteiger charge is -2.23. The van der Waals surface area contributed by atoms with Crippen molar-refractivity contribution in [1.82, 2.24) is 9.13 Å². The van der Waals surface area contributed by atoms with Gasteiger partial charge in [-0.1, -0.05) is 72.8 Å². The standard InChI is InChI=1S/C54H26F6N6/c55-53(56,57)38-7-5-6-35(22-38)52-50(65-46-10-3-1-8-42(46)44-23-33(14-18-48(44)65)40-16-12-31(27-61)20-36(40)29-63)25-39(54(58,59)60)26-51(52)66-47-11-4-2-9-43(47)45-24-34(15-19-49(45)66)41-17-13-32(28-62)21-37(41)30-64/h1-26H. The maximum Gasteiger partial charge on any atom is 0.416 e. The molecule has 2 aromatic heterocycles. The number of hydrogen-bond donors (Lipinski definition) is 0. The predicted molar refractivity (Wildman–Crippen MR) is 240 cm³/mol. The van der Waals surface area contributed by atoms with Gasteiger partial charge in [0.05, 0.1) is 91.1 Å². The van der Waals surface area contributed by atoms with Gasteiger partial charge in [0, 0.05) is 27.1 Å². The normalized spacial score (nSPS) is 11.7. The summed E-state index contributed by atoms with van der Waals surface area (Å²) in [4.78, 5) is 0. The van der Waals surface area contributed by atoms with Gasteiger partial charge in [-0.2, -0.15) is 47.4 Å². The number of nitrogens with zero attached hydrogens (tertiary/aromatic N) is 6. The summed E-state index contributed by atoms with van der Waals surface area (Å²) >= 11 is 0. The molecular formula is C54H26F6N6.